The van der Waals surface area contributed by atoms with Gasteiger partial charge in [-0.15, -0.1) is 0 Å². The second-order valence-corrected chi connectivity index (χ2v) is 8.95. The van der Waals surface area contributed by atoms with E-state index in [2.05, 4.69) is 18.0 Å². The molecule has 2 unspecified atom stereocenters. The molecule has 30 heavy (non-hydrogen) atoms. The van der Waals surface area contributed by atoms with Crippen molar-refractivity contribution in [2.75, 3.05) is 0 Å². The van der Waals surface area contributed by atoms with Crippen molar-refractivity contribution in [1.82, 2.24) is 9.88 Å². The van der Waals surface area contributed by atoms with E-state index in [0.29, 0.717) is 25.7 Å². The summed E-state index contributed by atoms with van der Waals surface area (Å²) in [4.78, 5) is 18.9. The lowest BCUT2D eigenvalue weighted by Crippen LogP contribution is -2.67. The molecule has 3 aliphatic rings. The van der Waals surface area contributed by atoms with Crippen LogP contribution in [0.5, 0.6) is 0 Å². The highest BCUT2D eigenvalue weighted by molar-refractivity contribution is 5.86. The Morgan fingerprint density at radius 1 is 1.20 bits per heavy atom. The second-order valence-electron chi connectivity index (χ2n) is 8.95. The van der Waals surface area contributed by atoms with Gasteiger partial charge in [-0.1, -0.05) is 37.3 Å². The molecule has 6 rings (SSSR count). The highest BCUT2D eigenvalue weighted by atomic mass is 19.1. The molecule has 1 aliphatic carbocycles. The first-order valence-corrected chi connectivity index (χ1v) is 10.8. The summed E-state index contributed by atoms with van der Waals surface area (Å²) < 4.78 is 13.6. The van der Waals surface area contributed by atoms with Crippen LogP contribution >= 0.6 is 0 Å². The van der Waals surface area contributed by atoms with Gasteiger partial charge in [0, 0.05) is 41.5 Å². The van der Waals surface area contributed by atoms with Gasteiger partial charge in [0.2, 0.25) is 5.91 Å². The zero-order valence-corrected chi connectivity index (χ0v) is 17.1. The normalized spacial score (nSPS) is 26.4. The van der Waals surface area contributed by atoms with E-state index in [-0.39, 0.29) is 29.7 Å². The lowest BCUT2D eigenvalue weighted by atomic mass is 9.66. The molecule has 2 bridgehead atoms. The van der Waals surface area contributed by atoms with Crippen molar-refractivity contribution in [2.45, 2.75) is 62.6 Å². The molecule has 2 atom stereocenters. The Morgan fingerprint density at radius 2 is 1.93 bits per heavy atom. The molecule has 4 nitrogen and oxygen atoms in total. The number of carbonyl (C=O) groups is 1. The van der Waals surface area contributed by atoms with Crippen molar-refractivity contribution in [3.8, 4) is 0 Å². The van der Waals surface area contributed by atoms with Crippen LogP contribution in [0.3, 0.4) is 0 Å². The summed E-state index contributed by atoms with van der Waals surface area (Å²) in [5.74, 6) is -0.320. The van der Waals surface area contributed by atoms with E-state index < -0.39 is 5.60 Å². The summed E-state index contributed by atoms with van der Waals surface area (Å²) in [6, 6.07) is 14.8. The third kappa shape index (κ3) is 3.21. The molecule has 1 saturated carbocycles. The Morgan fingerprint density at radius 3 is 2.67 bits per heavy atom. The Labute approximate surface area is 175 Å². The maximum absolute atomic E-state index is 13.6. The predicted molar refractivity (Wildman–Crippen MR) is 115 cm³/mol. The fourth-order valence-electron chi connectivity index (χ4n) is 5.53. The van der Waals surface area contributed by atoms with Crippen molar-refractivity contribution >= 4 is 16.8 Å². The van der Waals surface area contributed by atoms with Gasteiger partial charge in [0.25, 0.3) is 0 Å². The number of nitrogens with zero attached hydrogens (tertiary/aromatic N) is 1. The molecule has 0 radical (unpaired) electrons. The first-order valence-electron chi connectivity index (χ1n) is 10.8. The average molecular weight is 407 g/mol. The average Bonchev–Trinajstić information content (AvgIpc) is 3.15. The number of hydrogen-bond donors (Lipinski definition) is 2. The van der Waals surface area contributed by atoms with Gasteiger partial charge >= 0.3 is 0 Å². The van der Waals surface area contributed by atoms with Crippen molar-refractivity contribution in [3.05, 3.63) is 71.7 Å². The molecular weight excluding hydrogens is 379 g/mol. The molecule has 2 saturated heterocycles. The molecule has 5 heteroatoms. The summed E-state index contributed by atoms with van der Waals surface area (Å²) in [5.41, 5.74) is 2.45. The zero-order valence-electron chi connectivity index (χ0n) is 17.1. The Hall–Kier alpha value is -2.66. The van der Waals surface area contributed by atoms with Crippen LogP contribution in [0.1, 0.15) is 56.1 Å². The van der Waals surface area contributed by atoms with Crippen molar-refractivity contribution in [2.24, 2.45) is 0 Å². The summed E-state index contributed by atoms with van der Waals surface area (Å²) in [7, 11) is 0. The van der Waals surface area contributed by atoms with Crippen molar-refractivity contribution in [3.63, 3.8) is 0 Å². The number of aromatic amines is 1. The number of carbonyl (C=O) groups excluding carboxylic acids is 1. The molecule has 3 fully saturated rings. The van der Waals surface area contributed by atoms with Crippen LogP contribution in [0.25, 0.3) is 10.9 Å². The molecular formula is C25H27FN2O2. The standard InChI is InChI=1S/C25H27FN2O2/c1-2-18-12-25(30)13-19(14-25)28(18)24(29)11-21(16-7-9-17(26)10-8-16)22-15-27-23-6-4-3-5-20(22)23/h3-10,15,18-19,21,27,30H,2,11-14H2,1H3. The van der Waals surface area contributed by atoms with E-state index in [1.54, 1.807) is 12.1 Å². The van der Waals surface area contributed by atoms with Gasteiger partial charge in [-0.3, -0.25) is 4.79 Å². The fourth-order valence-corrected chi connectivity index (χ4v) is 5.53. The number of fused-ring (bicyclic) bond motifs is 3. The third-order valence-electron chi connectivity index (χ3n) is 7.04. The van der Waals surface area contributed by atoms with E-state index in [9.17, 15) is 14.3 Å². The maximum Gasteiger partial charge on any atom is 0.224 e. The maximum atomic E-state index is 13.6. The number of H-pyrrole nitrogens is 1. The smallest absolute Gasteiger partial charge is 0.224 e. The van der Waals surface area contributed by atoms with Gasteiger partial charge in [0.05, 0.1) is 5.60 Å². The molecule has 1 aromatic heterocycles. The monoisotopic (exact) mass is 406 g/mol. The molecule has 2 N–H and O–H groups in total. The number of benzene rings is 2. The number of halogens is 1. The van der Waals surface area contributed by atoms with E-state index in [1.165, 1.54) is 12.1 Å². The van der Waals surface area contributed by atoms with E-state index in [0.717, 1.165) is 28.5 Å². The zero-order chi connectivity index (χ0) is 20.9. The van der Waals surface area contributed by atoms with Crippen LogP contribution < -0.4 is 0 Å². The Bertz CT molecular complexity index is 1070. The summed E-state index contributed by atoms with van der Waals surface area (Å²) in [5, 5.41) is 11.6. The third-order valence-corrected chi connectivity index (χ3v) is 7.04. The fraction of sp³-hybridized carbons (Fsp3) is 0.400. The predicted octanol–water partition coefficient (Wildman–Crippen LogP) is 4.73. The highest BCUT2D eigenvalue weighted by Gasteiger charge is 2.54. The minimum absolute atomic E-state index is 0.0897. The molecule has 156 valence electrons. The van der Waals surface area contributed by atoms with Gasteiger partial charge in [0.1, 0.15) is 5.82 Å². The van der Waals surface area contributed by atoms with E-state index in [1.807, 2.05) is 29.3 Å². The summed E-state index contributed by atoms with van der Waals surface area (Å²) >= 11 is 0. The van der Waals surface area contributed by atoms with Crippen molar-refractivity contribution in [1.29, 1.82) is 0 Å². The molecule has 2 aromatic carbocycles. The van der Waals surface area contributed by atoms with Gasteiger partial charge in [0.15, 0.2) is 0 Å². The van der Waals surface area contributed by atoms with Gasteiger partial charge in [-0.25, -0.2) is 4.39 Å². The SMILES string of the molecule is CCC1CC2(O)CC(C2)N1C(=O)CC(c1ccc(F)cc1)c1c[nH]c2ccccc12. The minimum atomic E-state index is -0.574. The number of piperidine rings is 2. The number of aromatic nitrogens is 1. The summed E-state index contributed by atoms with van der Waals surface area (Å²) in [6.07, 6.45) is 5.19. The van der Waals surface area contributed by atoms with Crippen LogP contribution in [0, 0.1) is 5.82 Å². The molecule has 0 spiro atoms. The number of nitrogens with one attached hydrogen (secondary N) is 1. The molecule has 3 aromatic rings. The van der Waals surface area contributed by atoms with Crippen LogP contribution in [-0.2, 0) is 4.79 Å². The van der Waals surface area contributed by atoms with Crippen LogP contribution in [0.2, 0.25) is 0 Å². The number of para-hydroxylation sites is 1. The summed E-state index contributed by atoms with van der Waals surface area (Å²) in [6.45, 7) is 2.08. The molecule has 1 amide bonds. The van der Waals surface area contributed by atoms with Crippen LogP contribution in [0.15, 0.2) is 54.7 Å². The number of aliphatic hydroxyl groups is 1. The highest BCUT2D eigenvalue weighted by Crippen LogP contribution is 2.47. The molecule has 2 aliphatic heterocycles. The lowest BCUT2D eigenvalue weighted by Gasteiger charge is -2.58. The first-order chi connectivity index (χ1) is 14.5. The van der Waals surface area contributed by atoms with Crippen molar-refractivity contribution < 1.29 is 14.3 Å². The largest absolute Gasteiger partial charge is 0.390 e. The minimum Gasteiger partial charge on any atom is -0.390 e. The number of rotatable bonds is 5. The topological polar surface area (TPSA) is 56.3 Å². The van der Waals surface area contributed by atoms with Crippen LogP contribution in [0.4, 0.5) is 4.39 Å². The lowest BCUT2D eigenvalue weighted by molar-refractivity contribution is -0.178. The van der Waals surface area contributed by atoms with Gasteiger partial charge < -0.3 is 15.0 Å². The number of hydrogen-bond acceptors (Lipinski definition) is 2. The quantitative estimate of drug-likeness (QED) is 0.643. The van der Waals surface area contributed by atoms with E-state index >= 15 is 0 Å². The molecule has 3 heterocycles. The number of amides is 1. The first kappa shape index (κ1) is 19.3. The van der Waals surface area contributed by atoms with Gasteiger partial charge in [-0.2, -0.15) is 0 Å². The Balaban J connectivity index is 1.49. The van der Waals surface area contributed by atoms with Crippen LogP contribution in [-0.4, -0.2) is 38.6 Å². The van der Waals surface area contributed by atoms with Gasteiger partial charge in [-0.05, 0) is 55.0 Å². The Kier molecular flexibility index (Phi) is 4.66. The van der Waals surface area contributed by atoms with E-state index in [4.69, 9.17) is 0 Å². The second kappa shape index (κ2) is 7.24.